The summed E-state index contributed by atoms with van der Waals surface area (Å²) in [7, 11) is 0. The molecule has 0 fully saturated rings. The van der Waals surface area contributed by atoms with E-state index in [0.29, 0.717) is 42.4 Å². The number of imidazole rings is 1. The summed E-state index contributed by atoms with van der Waals surface area (Å²) in [5, 5.41) is 8.73. The molecule has 3 aromatic rings. The van der Waals surface area contributed by atoms with Crippen molar-refractivity contribution in [3.05, 3.63) is 52.5 Å². The molecule has 3 rings (SSSR count). The highest BCUT2D eigenvalue weighted by Crippen LogP contribution is 2.32. The Bertz CT molecular complexity index is 1130. The van der Waals surface area contributed by atoms with E-state index < -0.39 is 17.8 Å². The number of carbonyl (C=O) groups excluding carboxylic acids is 2. The van der Waals surface area contributed by atoms with E-state index in [1.807, 2.05) is 5.38 Å². The smallest absolute Gasteiger partial charge is 0.432 e. The molecule has 0 aliphatic rings. The van der Waals surface area contributed by atoms with Gasteiger partial charge in [0.15, 0.2) is 0 Å². The largest absolute Gasteiger partial charge is 0.491 e. The molecular formula is C21H17F3N4O3S. The number of H-pyrrole nitrogens is 1. The topological polar surface area (TPSA) is 96.1 Å². The van der Waals surface area contributed by atoms with Gasteiger partial charge in [0.25, 0.3) is 0 Å². The number of anilines is 1. The molecule has 1 aromatic carbocycles. The van der Waals surface area contributed by atoms with Gasteiger partial charge >= 0.3 is 12.1 Å². The first kappa shape index (κ1) is 22.9. The number of ether oxygens (including phenoxy) is 1. The average molecular weight is 462 g/mol. The Morgan fingerprint density at radius 1 is 1.31 bits per heavy atom. The lowest BCUT2D eigenvalue weighted by Gasteiger charge is -2.13. The molecule has 0 aliphatic heterocycles. The number of thiophene rings is 1. The minimum Gasteiger partial charge on any atom is -0.491 e. The van der Waals surface area contributed by atoms with Crippen LogP contribution >= 0.6 is 11.3 Å². The highest BCUT2D eigenvalue weighted by Gasteiger charge is 2.33. The van der Waals surface area contributed by atoms with Crippen LogP contribution < -0.4 is 15.4 Å². The van der Waals surface area contributed by atoms with Gasteiger partial charge in [0, 0.05) is 29.0 Å². The SMILES string of the molecule is O=CNCCCOc1ccc(-c2ncc(C(F)(F)F)[nH]2)cc1NC(=O)C#Cc1ccsc1. The molecular weight excluding hydrogens is 445 g/mol. The molecule has 166 valence electrons. The van der Waals surface area contributed by atoms with E-state index in [4.69, 9.17) is 4.74 Å². The number of halogens is 3. The fourth-order valence-corrected chi connectivity index (χ4v) is 3.13. The maximum atomic E-state index is 12.9. The maximum absolute atomic E-state index is 12.9. The molecule has 0 saturated heterocycles. The quantitative estimate of drug-likeness (QED) is 0.270. The number of nitrogens with zero attached hydrogens (tertiary/aromatic N) is 1. The molecule has 2 amide bonds. The summed E-state index contributed by atoms with van der Waals surface area (Å²) in [6.45, 7) is 0.643. The number of carbonyl (C=O) groups is 2. The second-order valence-corrected chi connectivity index (χ2v) is 7.12. The standard InChI is InChI=1S/C21H17F3N4O3S/c22-21(23,24)18-11-26-20(28-18)15-3-4-17(31-8-1-7-25-13-29)16(10-15)27-19(30)5-2-14-6-9-32-12-14/h3-4,6,9-13H,1,7-8H2,(H,25,29)(H,26,28)(H,27,30). The molecule has 0 bridgehead atoms. The number of aromatic amines is 1. The van der Waals surface area contributed by atoms with Crippen LogP contribution in [0.2, 0.25) is 0 Å². The van der Waals surface area contributed by atoms with Crippen LogP contribution in [-0.4, -0.2) is 35.4 Å². The third-order valence-electron chi connectivity index (χ3n) is 4.03. The number of alkyl halides is 3. The zero-order valence-corrected chi connectivity index (χ0v) is 17.3. The molecule has 0 spiro atoms. The van der Waals surface area contributed by atoms with Crippen LogP contribution in [0.25, 0.3) is 11.4 Å². The number of hydrogen-bond donors (Lipinski definition) is 3. The van der Waals surface area contributed by atoms with E-state index >= 15 is 0 Å². The zero-order valence-electron chi connectivity index (χ0n) is 16.5. The number of nitrogens with one attached hydrogen (secondary N) is 3. The lowest BCUT2D eigenvalue weighted by atomic mass is 10.1. The third-order valence-corrected chi connectivity index (χ3v) is 4.71. The van der Waals surface area contributed by atoms with Crippen molar-refractivity contribution < 1.29 is 27.5 Å². The molecule has 32 heavy (non-hydrogen) atoms. The number of hydrogen-bond acceptors (Lipinski definition) is 5. The Labute approximate surface area is 185 Å². The predicted octanol–water partition coefficient (Wildman–Crippen LogP) is 3.66. The van der Waals surface area contributed by atoms with Crippen molar-refractivity contribution in [2.24, 2.45) is 0 Å². The van der Waals surface area contributed by atoms with Crippen LogP contribution in [0.15, 0.2) is 41.2 Å². The van der Waals surface area contributed by atoms with Crippen LogP contribution in [0.3, 0.4) is 0 Å². The normalized spacial score (nSPS) is 10.7. The zero-order chi connectivity index (χ0) is 23.0. The van der Waals surface area contributed by atoms with Crippen LogP contribution in [0.5, 0.6) is 5.75 Å². The van der Waals surface area contributed by atoms with Gasteiger partial charge in [-0.15, -0.1) is 0 Å². The fraction of sp³-hybridized carbons (Fsp3) is 0.190. The lowest BCUT2D eigenvalue weighted by molar-refractivity contribution is -0.140. The van der Waals surface area contributed by atoms with E-state index in [0.717, 1.165) is 0 Å². The van der Waals surface area contributed by atoms with Gasteiger partial charge < -0.3 is 20.4 Å². The second kappa shape index (κ2) is 10.5. The monoisotopic (exact) mass is 462 g/mol. The summed E-state index contributed by atoms with van der Waals surface area (Å²) < 4.78 is 44.3. The Hall–Kier alpha value is -3.78. The van der Waals surface area contributed by atoms with Gasteiger partial charge in [0.1, 0.15) is 17.3 Å². The predicted molar refractivity (Wildman–Crippen MR) is 113 cm³/mol. The van der Waals surface area contributed by atoms with E-state index in [2.05, 4.69) is 32.4 Å². The molecule has 2 aromatic heterocycles. The molecule has 0 radical (unpaired) electrons. The summed E-state index contributed by atoms with van der Waals surface area (Å²) in [6.07, 6.45) is -2.77. The maximum Gasteiger partial charge on any atom is 0.432 e. The first-order chi connectivity index (χ1) is 15.4. The first-order valence-electron chi connectivity index (χ1n) is 9.28. The van der Waals surface area contributed by atoms with Crippen molar-refractivity contribution in [1.29, 1.82) is 0 Å². The number of amides is 2. The van der Waals surface area contributed by atoms with Crippen LogP contribution in [0.1, 0.15) is 17.7 Å². The molecule has 0 unspecified atom stereocenters. The molecule has 11 heteroatoms. The molecule has 7 nitrogen and oxygen atoms in total. The van der Waals surface area contributed by atoms with Crippen molar-refractivity contribution in [3.8, 4) is 29.0 Å². The van der Waals surface area contributed by atoms with Gasteiger partial charge in [-0.2, -0.15) is 24.5 Å². The van der Waals surface area contributed by atoms with Crippen LogP contribution in [0, 0.1) is 11.8 Å². The average Bonchev–Trinajstić information content (AvgIpc) is 3.45. The molecule has 3 N–H and O–H groups in total. The van der Waals surface area contributed by atoms with Crippen LogP contribution in [0.4, 0.5) is 18.9 Å². The summed E-state index contributed by atoms with van der Waals surface area (Å²) in [5.74, 6) is 4.85. The number of aromatic nitrogens is 2. The molecule has 0 saturated carbocycles. The summed E-state index contributed by atoms with van der Waals surface area (Å²) >= 11 is 1.44. The van der Waals surface area contributed by atoms with Crippen molar-refractivity contribution in [2.45, 2.75) is 12.6 Å². The summed E-state index contributed by atoms with van der Waals surface area (Å²) in [4.78, 5) is 28.6. The van der Waals surface area contributed by atoms with Crippen molar-refractivity contribution in [2.75, 3.05) is 18.5 Å². The van der Waals surface area contributed by atoms with E-state index in [-0.39, 0.29) is 18.1 Å². The number of rotatable bonds is 8. The van der Waals surface area contributed by atoms with Gasteiger partial charge in [-0.3, -0.25) is 9.59 Å². The van der Waals surface area contributed by atoms with E-state index in [1.165, 1.54) is 29.5 Å². The van der Waals surface area contributed by atoms with Crippen molar-refractivity contribution in [1.82, 2.24) is 15.3 Å². The van der Waals surface area contributed by atoms with Gasteiger partial charge in [0.05, 0.1) is 18.5 Å². The third kappa shape index (κ3) is 6.36. The van der Waals surface area contributed by atoms with Crippen molar-refractivity contribution >= 4 is 29.3 Å². The van der Waals surface area contributed by atoms with Crippen LogP contribution in [-0.2, 0) is 15.8 Å². The Morgan fingerprint density at radius 3 is 2.84 bits per heavy atom. The Balaban J connectivity index is 1.82. The van der Waals surface area contributed by atoms with E-state index in [1.54, 1.807) is 11.4 Å². The summed E-state index contributed by atoms with van der Waals surface area (Å²) in [6, 6.07) is 6.25. The molecule has 0 atom stereocenters. The Morgan fingerprint density at radius 2 is 2.16 bits per heavy atom. The summed E-state index contributed by atoms with van der Waals surface area (Å²) in [5.41, 5.74) is 0.244. The Kier molecular flexibility index (Phi) is 7.51. The van der Waals surface area contributed by atoms with Gasteiger partial charge in [-0.1, -0.05) is 5.92 Å². The highest BCUT2D eigenvalue weighted by atomic mass is 32.1. The van der Waals surface area contributed by atoms with Gasteiger partial charge in [-0.25, -0.2) is 4.98 Å². The lowest BCUT2D eigenvalue weighted by Crippen LogP contribution is -2.15. The highest BCUT2D eigenvalue weighted by molar-refractivity contribution is 7.08. The minimum atomic E-state index is -4.56. The van der Waals surface area contributed by atoms with Gasteiger partial charge in [0.2, 0.25) is 6.41 Å². The second-order valence-electron chi connectivity index (χ2n) is 6.34. The van der Waals surface area contributed by atoms with E-state index in [9.17, 15) is 22.8 Å². The minimum absolute atomic E-state index is 0.0149. The van der Waals surface area contributed by atoms with Gasteiger partial charge in [-0.05, 0) is 36.1 Å². The molecule has 0 aliphatic carbocycles. The molecule has 2 heterocycles. The number of benzene rings is 1. The fourth-order valence-electron chi connectivity index (χ4n) is 2.55. The first-order valence-corrected chi connectivity index (χ1v) is 10.2. The van der Waals surface area contributed by atoms with Crippen molar-refractivity contribution in [3.63, 3.8) is 0 Å².